The first kappa shape index (κ1) is 12.4. The summed E-state index contributed by atoms with van der Waals surface area (Å²) in [6.45, 7) is 0. The standard InChI is InChI=1S/C14H13IN4/c1-18(2)13-14-17-11(10-6-4-3-5-7-10)12(15)19(14)9-8-16-13/h3-9H,1-2H3. The summed E-state index contributed by atoms with van der Waals surface area (Å²) in [7, 11) is 3.96. The minimum atomic E-state index is 0.877. The van der Waals surface area contributed by atoms with Gasteiger partial charge in [-0.25, -0.2) is 9.97 Å². The van der Waals surface area contributed by atoms with Crippen LogP contribution in [-0.2, 0) is 0 Å². The van der Waals surface area contributed by atoms with Crippen LogP contribution in [0, 0.1) is 3.70 Å². The molecule has 0 aliphatic heterocycles. The Morgan fingerprint density at radius 3 is 2.58 bits per heavy atom. The summed E-state index contributed by atoms with van der Waals surface area (Å²) in [5.41, 5.74) is 3.01. The number of aromatic nitrogens is 3. The topological polar surface area (TPSA) is 33.4 Å². The molecule has 0 spiro atoms. The fraction of sp³-hybridized carbons (Fsp3) is 0.143. The smallest absolute Gasteiger partial charge is 0.181 e. The molecule has 0 aliphatic rings. The Hall–Kier alpha value is -1.63. The monoisotopic (exact) mass is 364 g/mol. The summed E-state index contributed by atoms with van der Waals surface area (Å²) in [4.78, 5) is 11.1. The van der Waals surface area contributed by atoms with Gasteiger partial charge in [-0.05, 0) is 22.6 Å². The van der Waals surface area contributed by atoms with Crippen molar-refractivity contribution in [3.63, 3.8) is 0 Å². The van der Waals surface area contributed by atoms with Gasteiger partial charge in [-0.15, -0.1) is 0 Å². The van der Waals surface area contributed by atoms with Crippen molar-refractivity contribution in [3.05, 3.63) is 46.4 Å². The van der Waals surface area contributed by atoms with Crippen molar-refractivity contribution in [3.8, 4) is 11.3 Å². The molecule has 0 radical (unpaired) electrons. The first-order valence-corrected chi connectivity index (χ1v) is 7.01. The average molecular weight is 364 g/mol. The van der Waals surface area contributed by atoms with Crippen LogP contribution in [0.5, 0.6) is 0 Å². The molecule has 1 aromatic carbocycles. The lowest BCUT2D eigenvalue weighted by Crippen LogP contribution is -2.12. The van der Waals surface area contributed by atoms with E-state index >= 15 is 0 Å². The Balaban J connectivity index is 2.29. The van der Waals surface area contributed by atoms with Gasteiger partial charge in [-0.1, -0.05) is 30.3 Å². The van der Waals surface area contributed by atoms with Gasteiger partial charge in [0.25, 0.3) is 0 Å². The highest BCUT2D eigenvalue weighted by molar-refractivity contribution is 14.1. The molecule has 2 aromatic heterocycles. The number of anilines is 1. The predicted octanol–water partition coefficient (Wildman–Crippen LogP) is 3.07. The second-order valence-corrected chi connectivity index (χ2v) is 5.48. The van der Waals surface area contributed by atoms with Gasteiger partial charge < -0.3 is 4.90 Å². The van der Waals surface area contributed by atoms with E-state index < -0.39 is 0 Å². The number of rotatable bonds is 2. The number of hydrogen-bond acceptors (Lipinski definition) is 3. The van der Waals surface area contributed by atoms with Crippen LogP contribution in [0.25, 0.3) is 16.9 Å². The van der Waals surface area contributed by atoms with Gasteiger partial charge in [-0.3, -0.25) is 4.40 Å². The minimum Gasteiger partial charge on any atom is -0.360 e. The van der Waals surface area contributed by atoms with Crippen molar-refractivity contribution < 1.29 is 0 Å². The molecule has 0 N–H and O–H groups in total. The molecule has 3 aromatic rings. The quantitative estimate of drug-likeness (QED) is 0.656. The lowest BCUT2D eigenvalue weighted by Gasteiger charge is -2.11. The van der Waals surface area contributed by atoms with Gasteiger partial charge in [0.15, 0.2) is 11.5 Å². The van der Waals surface area contributed by atoms with Gasteiger partial charge >= 0.3 is 0 Å². The minimum absolute atomic E-state index is 0.877. The number of imidazole rings is 1. The molecule has 0 amide bonds. The Bertz CT molecular complexity index is 719. The molecule has 3 rings (SSSR count). The predicted molar refractivity (Wildman–Crippen MR) is 85.5 cm³/mol. The van der Waals surface area contributed by atoms with Crippen LogP contribution in [0.1, 0.15) is 0 Å². The van der Waals surface area contributed by atoms with E-state index in [0.717, 1.165) is 26.4 Å². The summed E-state index contributed by atoms with van der Waals surface area (Å²) in [6, 6.07) is 10.2. The normalized spacial score (nSPS) is 10.9. The van der Waals surface area contributed by atoms with E-state index in [2.05, 4.69) is 44.1 Å². The lowest BCUT2D eigenvalue weighted by molar-refractivity contribution is 1.02. The molecule has 0 saturated carbocycles. The van der Waals surface area contributed by atoms with Crippen molar-refractivity contribution in [1.82, 2.24) is 14.4 Å². The molecule has 96 valence electrons. The molecular weight excluding hydrogens is 351 g/mol. The van der Waals surface area contributed by atoms with Gasteiger partial charge in [0, 0.05) is 32.1 Å². The Morgan fingerprint density at radius 1 is 1.16 bits per heavy atom. The molecular formula is C14H13IN4. The number of benzene rings is 1. The Morgan fingerprint density at radius 2 is 1.89 bits per heavy atom. The lowest BCUT2D eigenvalue weighted by atomic mass is 10.2. The first-order valence-electron chi connectivity index (χ1n) is 5.94. The van der Waals surface area contributed by atoms with Crippen LogP contribution in [0.15, 0.2) is 42.7 Å². The van der Waals surface area contributed by atoms with Crippen molar-refractivity contribution in [1.29, 1.82) is 0 Å². The van der Waals surface area contributed by atoms with E-state index in [1.807, 2.05) is 43.4 Å². The van der Waals surface area contributed by atoms with E-state index in [1.165, 1.54) is 0 Å². The average Bonchev–Trinajstić information content (AvgIpc) is 2.77. The zero-order valence-corrected chi connectivity index (χ0v) is 12.9. The Kier molecular flexibility index (Phi) is 3.14. The third-order valence-electron chi connectivity index (χ3n) is 2.94. The maximum absolute atomic E-state index is 4.76. The van der Waals surface area contributed by atoms with Gasteiger partial charge in [0.1, 0.15) is 9.39 Å². The molecule has 0 bridgehead atoms. The summed E-state index contributed by atoms with van der Waals surface area (Å²) < 4.78 is 3.18. The summed E-state index contributed by atoms with van der Waals surface area (Å²) in [6.07, 6.45) is 3.75. The van der Waals surface area contributed by atoms with Crippen LogP contribution < -0.4 is 4.90 Å². The van der Waals surface area contributed by atoms with Crippen LogP contribution in [0.3, 0.4) is 0 Å². The van der Waals surface area contributed by atoms with Crippen LogP contribution in [0.2, 0.25) is 0 Å². The highest BCUT2D eigenvalue weighted by Crippen LogP contribution is 2.28. The van der Waals surface area contributed by atoms with Crippen molar-refractivity contribution in [2.45, 2.75) is 0 Å². The maximum atomic E-state index is 4.76. The first-order chi connectivity index (χ1) is 9.18. The van der Waals surface area contributed by atoms with Gasteiger partial charge in [0.05, 0.1) is 0 Å². The number of hydrogen-bond donors (Lipinski definition) is 0. The van der Waals surface area contributed by atoms with Crippen molar-refractivity contribution >= 4 is 34.1 Å². The van der Waals surface area contributed by atoms with Crippen molar-refractivity contribution in [2.75, 3.05) is 19.0 Å². The highest BCUT2D eigenvalue weighted by Gasteiger charge is 2.15. The van der Waals surface area contributed by atoms with Gasteiger partial charge in [0.2, 0.25) is 0 Å². The molecule has 0 fully saturated rings. The highest BCUT2D eigenvalue weighted by atomic mass is 127. The zero-order valence-electron chi connectivity index (χ0n) is 10.7. The zero-order chi connectivity index (χ0) is 13.4. The van der Waals surface area contributed by atoms with E-state index in [4.69, 9.17) is 4.98 Å². The Labute approximate surface area is 125 Å². The third kappa shape index (κ3) is 2.07. The van der Waals surface area contributed by atoms with Crippen LogP contribution in [-0.4, -0.2) is 28.5 Å². The van der Waals surface area contributed by atoms with E-state index in [1.54, 1.807) is 6.20 Å². The maximum Gasteiger partial charge on any atom is 0.181 e. The van der Waals surface area contributed by atoms with E-state index in [-0.39, 0.29) is 0 Å². The summed E-state index contributed by atoms with van der Waals surface area (Å²) >= 11 is 2.33. The van der Waals surface area contributed by atoms with Gasteiger partial charge in [-0.2, -0.15) is 0 Å². The largest absolute Gasteiger partial charge is 0.360 e. The molecule has 0 saturated heterocycles. The second-order valence-electron chi connectivity index (χ2n) is 4.46. The second kappa shape index (κ2) is 4.80. The SMILES string of the molecule is CN(C)c1nccn2c(I)c(-c3ccccc3)nc12. The summed E-state index contributed by atoms with van der Waals surface area (Å²) in [5, 5.41) is 0. The number of nitrogens with zero attached hydrogens (tertiary/aromatic N) is 4. The number of fused-ring (bicyclic) bond motifs is 1. The fourth-order valence-electron chi connectivity index (χ4n) is 2.03. The fourth-order valence-corrected chi connectivity index (χ4v) is 2.85. The molecule has 5 heteroatoms. The molecule has 0 aliphatic carbocycles. The molecule has 0 unspecified atom stereocenters. The molecule has 0 atom stereocenters. The summed E-state index contributed by atoms with van der Waals surface area (Å²) in [5.74, 6) is 0.877. The van der Waals surface area contributed by atoms with E-state index in [0.29, 0.717) is 0 Å². The number of halogens is 1. The molecule has 2 heterocycles. The molecule has 4 nitrogen and oxygen atoms in total. The van der Waals surface area contributed by atoms with Crippen molar-refractivity contribution in [2.24, 2.45) is 0 Å². The van der Waals surface area contributed by atoms with E-state index in [9.17, 15) is 0 Å². The molecule has 19 heavy (non-hydrogen) atoms. The third-order valence-corrected chi connectivity index (χ3v) is 3.97. The van der Waals surface area contributed by atoms with Crippen LogP contribution >= 0.6 is 22.6 Å². The van der Waals surface area contributed by atoms with Crippen LogP contribution in [0.4, 0.5) is 5.82 Å².